The van der Waals surface area contributed by atoms with Gasteiger partial charge in [0.2, 0.25) is 0 Å². The van der Waals surface area contributed by atoms with Gasteiger partial charge in [0.25, 0.3) is 0 Å². The Labute approximate surface area is 60.3 Å². The summed E-state index contributed by atoms with van der Waals surface area (Å²) in [5.74, 6) is 0.560. The second kappa shape index (κ2) is 2.56. The van der Waals surface area contributed by atoms with Crippen molar-refractivity contribution in [2.75, 3.05) is 18.1 Å². The van der Waals surface area contributed by atoms with Crippen LogP contribution in [0.25, 0.3) is 0 Å². The van der Waals surface area contributed by atoms with Gasteiger partial charge < -0.3 is 11.1 Å². The molecular formula is C7H11N3. The third kappa shape index (κ3) is 1.37. The summed E-state index contributed by atoms with van der Waals surface area (Å²) < 4.78 is 0. The van der Waals surface area contributed by atoms with Gasteiger partial charge in [0.15, 0.2) is 0 Å². The Bertz CT molecular complexity index is 212. The van der Waals surface area contributed by atoms with Gasteiger partial charge in [-0.05, 0) is 13.0 Å². The molecule has 0 aliphatic heterocycles. The smallest absolute Gasteiger partial charge is 0.125 e. The fourth-order valence-electron chi connectivity index (χ4n) is 0.839. The Morgan fingerprint density at radius 3 is 2.70 bits per heavy atom. The molecule has 3 nitrogen and oxygen atoms in total. The van der Waals surface area contributed by atoms with Crippen molar-refractivity contribution >= 4 is 11.5 Å². The second-order valence-electron chi connectivity index (χ2n) is 2.17. The maximum absolute atomic E-state index is 5.48. The third-order valence-electron chi connectivity index (χ3n) is 1.26. The number of hydrogen-bond donors (Lipinski definition) is 2. The van der Waals surface area contributed by atoms with Crippen LogP contribution in [0.4, 0.5) is 11.5 Å². The molecule has 0 aromatic carbocycles. The quantitative estimate of drug-likeness (QED) is 0.607. The van der Waals surface area contributed by atoms with E-state index in [1.807, 2.05) is 20.0 Å². The number of hydrogen-bond acceptors (Lipinski definition) is 3. The van der Waals surface area contributed by atoms with E-state index in [1.54, 1.807) is 6.07 Å². The fraction of sp³-hybridized carbons (Fsp3) is 0.286. The molecule has 54 valence electrons. The number of nitrogens with one attached hydrogen (secondary N) is 1. The normalized spacial score (nSPS) is 9.40. The van der Waals surface area contributed by atoms with Gasteiger partial charge in [0, 0.05) is 24.5 Å². The van der Waals surface area contributed by atoms with Gasteiger partial charge in [-0.3, -0.25) is 0 Å². The third-order valence-corrected chi connectivity index (χ3v) is 1.26. The van der Waals surface area contributed by atoms with Gasteiger partial charge in [-0.15, -0.1) is 0 Å². The van der Waals surface area contributed by atoms with Gasteiger partial charge in [-0.1, -0.05) is 0 Å². The minimum atomic E-state index is 0.560. The summed E-state index contributed by atoms with van der Waals surface area (Å²) in [6.07, 6.45) is 0. The standard InChI is InChI=1S/C7H11N3/c1-5-3-6(9-2)4-7(8)10-5/h3-4H,1-2H3,(H3,8,9,10). The van der Waals surface area contributed by atoms with Crippen LogP contribution in [0, 0.1) is 6.92 Å². The van der Waals surface area contributed by atoms with E-state index in [4.69, 9.17) is 5.73 Å². The zero-order chi connectivity index (χ0) is 7.56. The molecule has 1 rings (SSSR count). The van der Waals surface area contributed by atoms with Crippen molar-refractivity contribution in [1.29, 1.82) is 0 Å². The molecule has 3 N–H and O–H groups in total. The summed E-state index contributed by atoms with van der Waals surface area (Å²) in [6, 6.07) is 3.74. The maximum atomic E-state index is 5.48. The number of pyridine rings is 1. The lowest BCUT2D eigenvalue weighted by atomic mass is 10.3. The van der Waals surface area contributed by atoms with E-state index in [2.05, 4.69) is 10.3 Å². The Morgan fingerprint density at radius 1 is 1.50 bits per heavy atom. The minimum Gasteiger partial charge on any atom is -0.388 e. The van der Waals surface area contributed by atoms with E-state index in [-0.39, 0.29) is 0 Å². The summed E-state index contributed by atoms with van der Waals surface area (Å²) in [6.45, 7) is 1.91. The van der Waals surface area contributed by atoms with Crippen LogP contribution in [0.3, 0.4) is 0 Å². The van der Waals surface area contributed by atoms with E-state index < -0.39 is 0 Å². The van der Waals surface area contributed by atoms with Crippen LogP contribution < -0.4 is 11.1 Å². The van der Waals surface area contributed by atoms with Gasteiger partial charge in [-0.25, -0.2) is 4.98 Å². The molecular weight excluding hydrogens is 126 g/mol. The molecule has 0 amide bonds. The van der Waals surface area contributed by atoms with E-state index >= 15 is 0 Å². The van der Waals surface area contributed by atoms with Gasteiger partial charge in [0.05, 0.1) is 0 Å². The topological polar surface area (TPSA) is 50.9 Å². The molecule has 0 unspecified atom stereocenters. The molecule has 0 spiro atoms. The highest BCUT2D eigenvalue weighted by Crippen LogP contribution is 2.10. The lowest BCUT2D eigenvalue weighted by molar-refractivity contribution is 1.21. The first kappa shape index (κ1) is 6.86. The van der Waals surface area contributed by atoms with Crippen LogP contribution in [0.15, 0.2) is 12.1 Å². The number of rotatable bonds is 1. The van der Waals surface area contributed by atoms with Crippen LogP contribution in [0.2, 0.25) is 0 Å². The zero-order valence-corrected chi connectivity index (χ0v) is 6.18. The Morgan fingerprint density at radius 2 is 2.20 bits per heavy atom. The summed E-state index contributed by atoms with van der Waals surface area (Å²) in [5, 5.41) is 2.99. The van der Waals surface area contributed by atoms with Crippen molar-refractivity contribution in [2.24, 2.45) is 0 Å². The number of nitrogens with two attached hydrogens (primary N) is 1. The van der Waals surface area contributed by atoms with Gasteiger partial charge in [0.1, 0.15) is 5.82 Å². The zero-order valence-electron chi connectivity index (χ0n) is 6.18. The molecule has 0 atom stereocenters. The highest BCUT2D eigenvalue weighted by molar-refractivity contribution is 5.50. The molecule has 1 aromatic rings. The molecule has 0 fully saturated rings. The Kier molecular flexibility index (Phi) is 1.76. The van der Waals surface area contributed by atoms with Crippen LogP contribution >= 0.6 is 0 Å². The van der Waals surface area contributed by atoms with Crippen molar-refractivity contribution in [3.8, 4) is 0 Å². The molecule has 10 heavy (non-hydrogen) atoms. The van der Waals surface area contributed by atoms with Crippen LogP contribution in [0.5, 0.6) is 0 Å². The highest BCUT2D eigenvalue weighted by atomic mass is 14.9. The first-order valence-corrected chi connectivity index (χ1v) is 3.14. The van der Waals surface area contributed by atoms with Crippen molar-refractivity contribution in [1.82, 2.24) is 4.98 Å². The van der Waals surface area contributed by atoms with Gasteiger partial charge in [-0.2, -0.15) is 0 Å². The van der Waals surface area contributed by atoms with Crippen molar-refractivity contribution in [2.45, 2.75) is 6.92 Å². The number of nitrogens with zero attached hydrogens (tertiary/aromatic N) is 1. The van der Waals surface area contributed by atoms with Crippen LogP contribution in [-0.4, -0.2) is 12.0 Å². The first-order chi connectivity index (χ1) is 4.72. The summed E-state index contributed by atoms with van der Waals surface area (Å²) in [4.78, 5) is 4.02. The average Bonchev–Trinajstić information content (AvgIpc) is 1.85. The SMILES string of the molecule is CNc1cc(C)nc(N)c1. The molecule has 1 heterocycles. The molecule has 0 aliphatic carbocycles. The number of nitrogen functional groups attached to an aromatic ring is 1. The molecule has 0 aliphatic rings. The van der Waals surface area contributed by atoms with Crippen molar-refractivity contribution in [3.63, 3.8) is 0 Å². The largest absolute Gasteiger partial charge is 0.388 e. The second-order valence-corrected chi connectivity index (χ2v) is 2.17. The van der Waals surface area contributed by atoms with Crippen LogP contribution in [0.1, 0.15) is 5.69 Å². The predicted octanol–water partition coefficient (Wildman–Crippen LogP) is 1.01. The lowest BCUT2D eigenvalue weighted by Crippen LogP contribution is -1.95. The average molecular weight is 137 g/mol. The molecule has 0 saturated carbocycles. The molecule has 0 bridgehead atoms. The first-order valence-electron chi connectivity index (χ1n) is 3.14. The lowest BCUT2D eigenvalue weighted by Gasteiger charge is -2.01. The number of aromatic nitrogens is 1. The minimum absolute atomic E-state index is 0.560. The Balaban J connectivity index is 3.06. The fourth-order valence-corrected chi connectivity index (χ4v) is 0.839. The van der Waals surface area contributed by atoms with E-state index in [9.17, 15) is 0 Å². The summed E-state index contributed by atoms with van der Waals surface area (Å²) in [7, 11) is 1.86. The van der Waals surface area contributed by atoms with E-state index in [1.165, 1.54) is 0 Å². The van der Waals surface area contributed by atoms with Crippen molar-refractivity contribution in [3.05, 3.63) is 17.8 Å². The summed E-state index contributed by atoms with van der Waals surface area (Å²) in [5.41, 5.74) is 7.42. The molecule has 0 radical (unpaired) electrons. The monoisotopic (exact) mass is 137 g/mol. The number of aryl methyl sites for hydroxylation is 1. The van der Waals surface area contributed by atoms with E-state index in [0.717, 1.165) is 11.4 Å². The molecule has 0 saturated heterocycles. The maximum Gasteiger partial charge on any atom is 0.125 e. The highest BCUT2D eigenvalue weighted by Gasteiger charge is 1.92. The van der Waals surface area contributed by atoms with Crippen molar-refractivity contribution < 1.29 is 0 Å². The predicted molar refractivity (Wildman–Crippen MR) is 42.9 cm³/mol. The van der Waals surface area contributed by atoms with Gasteiger partial charge >= 0.3 is 0 Å². The van der Waals surface area contributed by atoms with Crippen LogP contribution in [-0.2, 0) is 0 Å². The Hall–Kier alpha value is -1.25. The van der Waals surface area contributed by atoms with E-state index in [0.29, 0.717) is 5.82 Å². The summed E-state index contributed by atoms with van der Waals surface area (Å²) >= 11 is 0. The molecule has 3 heteroatoms. The molecule has 1 aromatic heterocycles. The number of anilines is 2.